The molecule has 13 aromatic rings. The Morgan fingerprint density at radius 3 is 1.19 bits per heavy atom. The highest BCUT2D eigenvalue weighted by molar-refractivity contribution is 6.27. The van der Waals surface area contributed by atoms with E-state index in [1.807, 2.05) is 0 Å². The third-order valence-corrected chi connectivity index (χ3v) is 12.9. The standard InChI is InChI=1S/C58H34/c1-2-8-42-31-43(20-15-35(42)7-1)44-32-45(34-46(33-44)48-25-21-40-18-16-36-9-5-11-38-23-27-53(48)57(40)55(36)38)47-29-30-51(50-14-4-3-13-49(47)50)52-26-22-41-19-17-37-10-6-12-39-24-28-54(52)58(41)56(37)39/h1-34H. The minimum atomic E-state index is 1.21. The molecule has 0 saturated heterocycles. The SMILES string of the molecule is c1ccc2cc(-c3cc(-c4ccc(-c5ccc6ccc7cccc8ccc5c6c78)c5ccccc45)cc(-c4ccc5ccc6cccc7ccc4c5c67)c3)ccc2c1. The summed E-state index contributed by atoms with van der Waals surface area (Å²) in [6.07, 6.45) is 0. The molecule has 0 heterocycles. The smallest absolute Gasteiger partial charge is 0.00206 e. The Bertz CT molecular complexity index is 3760. The van der Waals surface area contributed by atoms with Crippen molar-refractivity contribution in [1.82, 2.24) is 0 Å². The number of benzene rings is 13. The fourth-order valence-electron chi connectivity index (χ4n) is 10.2. The summed E-state index contributed by atoms with van der Waals surface area (Å²) in [6, 6.07) is 77.4. The van der Waals surface area contributed by atoms with Crippen LogP contribution in [-0.2, 0) is 0 Å². The Labute approximate surface area is 335 Å². The van der Waals surface area contributed by atoms with Gasteiger partial charge < -0.3 is 0 Å². The van der Waals surface area contributed by atoms with Crippen molar-refractivity contribution in [3.05, 3.63) is 206 Å². The van der Waals surface area contributed by atoms with Crippen molar-refractivity contribution in [1.29, 1.82) is 0 Å². The largest absolute Gasteiger partial charge is 0.0616 e. The minimum absolute atomic E-state index is 1.21. The van der Waals surface area contributed by atoms with Gasteiger partial charge in [0.25, 0.3) is 0 Å². The van der Waals surface area contributed by atoms with Gasteiger partial charge in [0.15, 0.2) is 0 Å². The quantitative estimate of drug-likeness (QED) is 0.158. The van der Waals surface area contributed by atoms with Crippen LogP contribution >= 0.6 is 0 Å². The molecule has 0 aromatic heterocycles. The molecule has 13 rings (SSSR count). The van der Waals surface area contributed by atoms with E-state index in [0.717, 1.165) is 0 Å². The molecule has 0 unspecified atom stereocenters. The second-order valence-electron chi connectivity index (χ2n) is 16.0. The van der Waals surface area contributed by atoms with Gasteiger partial charge in [-0.3, -0.25) is 0 Å². The second kappa shape index (κ2) is 12.0. The zero-order valence-corrected chi connectivity index (χ0v) is 31.6. The molecule has 0 bridgehead atoms. The maximum Gasteiger partial charge on any atom is -0.00206 e. The zero-order chi connectivity index (χ0) is 37.9. The fourth-order valence-corrected chi connectivity index (χ4v) is 10.2. The van der Waals surface area contributed by atoms with Crippen molar-refractivity contribution < 1.29 is 0 Å². The van der Waals surface area contributed by atoms with E-state index in [9.17, 15) is 0 Å². The van der Waals surface area contributed by atoms with Crippen LogP contribution < -0.4 is 0 Å². The Kier molecular flexibility index (Phi) is 6.54. The van der Waals surface area contributed by atoms with Crippen LogP contribution in [0.3, 0.4) is 0 Å². The summed E-state index contributed by atoms with van der Waals surface area (Å²) in [7, 11) is 0. The van der Waals surface area contributed by atoms with Crippen LogP contribution in [-0.4, -0.2) is 0 Å². The van der Waals surface area contributed by atoms with Crippen LogP contribution in [0.1, 0.15) is 0 Å². The Balaban J connectivity index is 1.06. The van der Waals surface area contributed by atoms with Crippen LogP contribution in [0.4, 0.5) is 0 Å². The monoisotopic (exact) mass is 730 g/mol. The van der Waals surface area contributed by atoms with Crippen LogP contribution in [0.5, 0.6) is 0 Å². The highest BCUT2D eigenvalue weighted by atomic mass is 14.2. The normalized spacial score (nSPS) is 12.1. The first-order chi connectivity index (χ1) is 28.7. The zero-order valence-electron chi connectivity index (χ0n) is 31.6. The molecule has 0 fully saturated rings. The summed E-state index contributed by atoms with van der Waals surface area (Å²) < 4.78 is 0. The average molecular weight is 731 g/mol. The van der Waals surface area contributed by atoms with E-state index in [0.29, 0.717) is 0 Å². The van der Waals surface area contributed by atoms with Gasteiger partial charge in [-0.15, -0.1) is 0 Å². The van der Waals surface area contributed by atoms with Gasteiger partial charge in [0.1, 0.15) is 0 Å². The molecule has 0 heteroatoms. The van der Waals surface area contributed by atoms with Crippen molar-refractivity contribution in [3.8, 4) is 44.5 Å². The highest BCUT2D eigenvalue weighted by Gasteiger charge is 2.18. The third-order valence-electron chi connectivity index (χ3n) is 12.9. The van der Waals surface area contributed by atoms with Gasteiger partial charge in [0, 0.05) is 0 Å². The Hall–Kier alpha value is -7.54. The van der Waals surface area contributed by atoms with Crippen LogP contribution in [0.2, 0.25) is 0 Å². The van der Waals surface area contributed by atoms with E-state index in [1.54, 1.807) is 0 Å². The van der Waals surface area contributed by atoms with Crippen LogP contribution in [0.15, 0.2) is 206 Å². The van der Waals surface area contributed by atoms with E-state index >= 15 is 0 Å². The predicted octanol–water partition coefficient (Wildman–Crippen LogP) is 16.5. The predicted molar refractivity (Wildman–Crippen MR) is 251 cm³/mol. The van der Waals surface area contributed by atoms with Gasteiger partial charge in [-0.2, -0.15) is 0 Å². The van der Waals surface area contributed by atoms with E-state index in [2.05, 4.69) is 206 Å². The minimum Gasteiger partial charge on any atom is -0.0616 e. The molecule has 58 heavy (non-hydrogen) atoms. The lowest BCUT2D eigenvalue weighted by molar-refractivity contribution is 1.60. The van der Waals surface area contributed by atoms with Gasteiger partial charge in [-0.25, -0.2) is 0 Å². The summed E-state index contributed by atoms with van der Waals surface area (Å²) in [6.45, 7) is 0. The summed E-state index contributed by atoms with van der Waals surface area (Å²) >= 11 is 0. The van der Waals surface area contributed by atoms with Gasteiger partial charge in [-0.1, -0.05) is 182 Å². The molecule has 0 aliphatic carbocycles. The first-order valence-electron chi connectivity index (χ1n) is 20.2. The second-order valence-corrected chi connectivity index (χ2v) is 16.0. The summed E-state index contributed by atoms with van der Waals surface area (Å²) in [5, 5.41) is 20.7. The van der Waals surface area contributed by atoms with Gasteiger partial charge >= 0.3 is 0 Å². The van der Waals surface area contributed by atoms with Gasteiger partial charge in [0.2, 0.25) is 0 Å². The molecule has 0 aliphatic rings. The number of rotatable bonds is 4. The van der Waals surface area contributed by atoms with E-state index in [-0.39, 0.29) is 0 Å². The fraction of sp³-hybridized carbons (Fsp3) is 0. The molecule has 0 aliphatic heterocycles. The maximum absolute atomic E-state index is 2.42. The lowest BCUT2D eigenvalue weighted by Crippen LogP contribution is -1.92. The number of hydrogen-bond donors (Lipinski definition) is 0. The molecule has 266 valence electrons. The number of hydrogen-bond acceptors (Lipinski definition) is 0. The van der Waals surface area contributed by atoms with Gasteiger partial charge in [-0.05, 0) is 155 Å². The first kappa shape index (κ1) is 31.6. The van der Waals surface area contributed by atoms with Gasteiger partial charge in [0.05, 0.1) is 0 Å². The van der Waals surface area contributed by atoms with E-state index < -0.39 is 0 Å². The molecule has 0 amide bonds. The van der Waals surface area contributed by atoms with Crippen molar-refractivity contribution in [2.75, 3.05) is 0 Å². The summed E-state index contributed by atoms with van der Waals surface area (Å²) in [5.41, 5.74) is 9.88. The molecule has 0 radical (unpaired) electrons. The van der Waals surface area contributed by atoms with Crippen molar-refractivity contribution in [2.24, 2.45) is 0 Å². The van der Waals surface area contributed by atoms with Crippen molar-refractivity contribution >= 4 is 86.2 Å². The van der Waals surface area contributed by atoms with Crippen molar-refractivity contribution in [2.45, 2.75) is 0 Å². The average Bonchev–Trinajstić information content (AvgIpc) is 3.29. The molecular weight excluding hydrogens is 697 g/mol. The molecular formula is C58H34. The molecule has 0 nitrogen and oxygen atoms in total. The Morgan fingerprint density at radius 1 is 0.172 bits per heavy atom. The summed E-state index contributed by atoms with van der Waals surface area (Å²) in [5.74, 6) is 0. The maximum atomic E-state index is 2.42. The first-order valence-corrected chi connectivity index (χ1v) is 20.2. The molecule has 0 spiro atoms. The molecule has 0 saturated carbocycles. The lowest BCUT2D eigenvalue weighted by Gasteiger charge is -2.18. The topological polar surface area (TPSA) is 0 Å². The van der Waals surface area contributed by atoms with Crippen LogP contribution in [0.25, 0.3) is 131 Å². The molecule has 13 aromatic carbocycles. The van der Waals surface area contributed by atoms with E-state index in [1.165, 1.54) is 131 Å². The number of fused-ring (bicyclic) bond motifs is 2. The van der Waals surface area contributed by atoms with Crippen molar-refractivity contribution in [3.63, 3.8) is 0 Å². The van der Waals surface area contributed by atoms with E-state index in [4.69, 9.17) is 0 Å². The lowest BCUT2D eigenvalue weighted by atomic mass is 9.85. The third kappa shape index (κ3) is 4.58. The molecule has 0 N–H and O–H groups in total. The highest BCUT2D eigenvalue weighted by Crippen LogP contribution is 2.45. The summed E-state index contributed by atoms with van der Waals surface area (Å²) in [4.78, 5) is 0. The van der Waals surface area contributed by atoms with Crippen LogP contribution in [0, 0.1) is 0 Å². The Morgan fingerprint density at radius 2 is 0.552 bits per heavy atom. The molecule has 0 atom stereocenters.